The summed E-state index contributed by atoms with van der Waals surface area (Å²) in [7, 11) is 0. The third kappa shape index (κ3) is 7.06. The summed E-state index contributed by atoms with van der Waals surface area (Å²) < 4.78 is 0. The van der Waals surface area contributed by atoms with E-state index in [1.807, 2.05) is 0 Å². The molecule has 0 bridgehead atoms. The molecule has 0 fully saturated rings. The largest absolute Gasteiger partial charge is 0.393 e. The van der Waals surface area contributed by atoms with Crippen LogP contribution in [0.25, 0.3) is 0 Å². The van der Waals surface area contributed by atoms with E-state index in [4.69, 9.17) is 0 Å². The van der Waals surface area contributed by atoms with Crippen LogP contribution in [0.2, 0.25) is 0 Å². The first-order valence-electron chi connectivity index (χ1n) is 5.92. The van der Waals surface area contributed by atoms with E-state index < -0.39 is 0 Å². The van der Waals surface area contributed by atoms with Gasteiger partial charge in [0.15, 0.2) is 0 Å². The molecule has 1 atom stereocenters. The predicted molar refractivity (Wildman–Crippen MR) is 58.8 cm³/mol. The molecule has 1 heteroatoms. The number of hydrogen-bond acceptors (Lipinski definition) is 1. The third-order valence-electron chi connectivity index (χ3n) is 2.77. The highest BCUT2D eigenvalue weighted by atomic mass is 16.3. The summed E-state index contributed by atoms with van der Waals surface area (Å²) in [5.41, 5.74) is 0. The first-order valence-corrected chi connectivity index (χ1v) is 5.92. The smallest absolute Gasteiger partial charge is 0.0537 e. The van der Waals surface area contributed by atoms with Gasteiger partial charge in [-0.3, -0.25) is 0 Å². The minimum Gasteiger partial charge on any atom is -0.393 e. The maximum absolute atomic E-state index is 9.44. The number of rotatable bonds is 8. The molecule has 0 heterocycles. The van der Waals surface area contributed by atoms with Crippen LogP contribution in [0.4, 0.5) is 0 Å². The van der Waals surface area contributed by atoms with Crippen molar-refractivity contribution in [3.63, 3.8) is 0 Å². The van der Waals surface area contributed by atoms with Gasteiger partial charge in [0.25, 0.3) is 0 Å². The Morgan fingerprint density at radius 1 is 0.846 bits per heavy atom. The maximum atomic E-state index is 9.44. The van der Waals surface area contributed by atoms with Gasteiger partial charge in [-0.25, -0.2) is 0 Å². The fourth-order valence-electron chi connectivity index (χ4n) is 1.88. The van der Waals surface area contributed by atoms with Crippen LogP contribution in [0.15, 0.2) is 0 Å². The lowest BCUT2D eigenvalue weighted by molar-refractivity contribution is 0.148. The zero-order valence-electron chi connectivity index (χ0n) is 9.55. The summed E-state index contributed by atoms with van der Waals surface area (Å²) in [6.45, 7) is 6.55. The Morgan fingerprint density at radius 3 is 1.77 bits per heavy atom. The van der Waals surface area contributed by atoms with E-state index in [0.717, 1.165) is 18.8 Å². The van der Waals surface area contributed by atoms with Gasteiger partial charge in [0, 0.05) is 0 Å². The molecule has 1 unspecified atom stereocenters. The highest BCUT2D eigenvalue weighted by Crippen LogP contribution is 2.20. The van der Waals surface area contributed by atoms with Crippen LogP contribution < -0.4 is 0 Å². The van der Waals surface area contributed by atoms with Crippen LogP contribution in [0.3, 0.4) is 0 Å². The Morgan fingerprint density at radius 2 is 1.38 bits per heavy atom. The van der Waals surface area contributed by atoms with Crippen molar-refractivity contribution in [2.45, 2.75) is 71.8 Å². The number of hydrogen-bond donors (Lipinski definition) is 1. The van der Waals surface area contributed by atoms with E-state index in [9.17, 15) is 5.11 Å². The van der Waals surface area contributed by atoms with Crippen molar-refractivity contribution in [3.8, 4) is 0 Å². The molecule has 80 valence electrons. The van der Waals surface area contributed by atoms with E-state index in [1.165, 1.54) is 32.1 Å². The van der Waals surface area contributed by atoms with Gasteiger partial charge in [-0.1, -0.05) is 46.5 Å². The number of aliphatic hydroxyl groups excluding tert-OH is 1. The molecular weight excluding hydrogens is 160 g/mol. The Labute approximate surface area is 83.5 Å². The Balaban J connectivity index is 3.55. The zero-order chi connectivity index (χ0) is 10.1. The summed E-state index contributed by atoms with van der Waals surface area (Å²) in [6.07, 6.45) is 8.31. The highest BCUT2D eigenvalue weighted by Gasteiger charge is 2.09. The zero-order valence-corrected chi connectivity index (χ0v) is 9.55. The molecule has 13 heavy (non-hydrogen) atoms. The average Bonchev–Trinajstić information content (AvgIpc) is 2.14. The van der Waals surface area contributed by atoms with Crippen LogP contribution in [0, 0.1) is 5.92 Å². The van der Waals surface area contributed by atoms with Crippen LogP contribution in [-0.2, 0) is 0 Å². The van der Waals surface area contributed by atoms with E-state index in [-0.39, 0.29) is 6.10 Å². The molecule has 0 aliphatic rings. The molecule has 0 aliphatic heterocycles. The molecule has 1 nitrogen and oxygen atoms in total. The second-order valence-electron chi connectivity index (χ2n) is 4.08. The summed E-state index contributed by atoms with van der Waals surface area (Å²) in [5.74, 6) is 0.858. The summed E-state index contributed by atoms with van der Waals surface area (Å²) in [4.78, 5) is 0. The topological polar surface area (TPSA) is 20.2 Å². The normalized spacial score (nSPS) is 13.6. The molecule has 0 radical (unpaired) electrons. The quantitative estimate of drug-likeness (QED) is 0.612. The maximum Gasteiger partial charge on any atom is 0.0537 e. The van der Waals surface area contributed by atoms with Crippen molar-refractivity contribution in [2.24, 2.45) is 5.92 Å². The van der Waals surface area contributed by atoms with Crippen LogP contribution in [0.1, 0.15) is 65.7 Å². The van der Waals surface area contributed by atoms with Crippen molar-refractivity contribution in [2.75, 3.05) is 0 Å². The lowest BCUT2D eigenvalue weighted by Gasteiger charge is -2.16. The van der Waals surface area contributed by atoms with E-state index in [1.54, 1.807) is 0 Å². The molecule has 0 rings (SSSR count). The Kier molecular flexibility index (Phi) is 8.53. The van der Waals surface area contributed by atoms with Crippen molar-refractivity contribution in [1.82, 2.24) is 0 Å². The van der Waals surface area contributed by atoms with Crippen molar-refractivity contribution >= 4 is 0 Å². The van der Waals surface area contributed by atoms with E-state index >= 15 is 0 Å². The lowest BCUT2D eigenvalue weighted by Crippen LogP contribution is -2.08. The van der Waals surface area contributed by atoms with Gasteiger partial charge >= 0.3 is 0 Å². The van der Waals surface area contributed by atoms with Gasteiger partial charge in [0.1, 0.15) is 0 Å². The minimum atomic E-state index is -0.0591. The van der Waals surface area contributed by atoms with Crippen molar-refractivity contribution < 1.29 is 5.11 Å². The van der Waals surface area contributed by atoms with Crippen LogP contribution in [-0.4, -0.2) is 11.2 Å². The van der Waals surface area contributed by atoms with E-state index in [2.05, 4.69) is 20.8 Å². The Bertz CT molecular complexity index is 95.3. The van der Waals surface area contributed by atoms with Gasteiger partial charge in [-0.2, -0.15) is 0 Å². The van der Waals surface area contributed by atoms with Crippen LogP contribution >= 0.6 is 0 Å². The first kappa shape index (κ1) is 13.0. The van der Waals surface area contributed by atoms with Gasteiger partial charge in [-0.15, -0.1) is 0 Å². The van der Waals surface area contributed by atoms with Gasteiger partial charge in [0.05, 0.1) is 6.10 Å². The SMILES string of the molecule is CCCC(CCC)CCC(O)CC. The fraction of sp³-hybridized carbons (Fsp3) is 1.00. The molecule has 0 aromatic carbocycles. The second-order valence-corrected chi connectivity index (χ2v) is 4.08. The van der Waals surface area contributed by atoms with E-state index in [0.29, 0.717) is 0 Å². The minimum absolute atomic E-state index is 0.0591. The average molecular weight is 186 g/mol. The van der Waals surface area contributed by atoms with Crippen LogP contribution in [0.5, 0.6) is 0 Å². The standard InChI is InChI=1S/C12H26O/c1-4-7-11(8-5-2)9-10-12(13)6-3/h11-13H,4-10H2,1-3H3. The first-order chi connectivity index (χ1) is 6.24. The van der Waals surface area contributed by atoms with Gasteiger partial charge in [-0.05, 0) is 25.2 Å². The molecule has 0 aromatic heterocycles. The molecule has 1 N–H and O–H groups in total. The predicted octanol–water partition coefficient (Wildman–Crippen LogP) is 3.75. The highest BCUT2D eigenvalue weighted by molar-refractivity contribution is 4.62. The summed E-state index contributed by atoms with van der Waals surface area (Å²) in [6, 6.07) is 0. The number of aliphatic hydroxyl groups is 1. The molecule has 0 aliphatic carbocycles. The van der Waals surface area contributed by atoms with Crippen molar-refractivity contribution in [3.05, 3.63) is 0 Å². The summed E-state index contributed by atoms with van der Waals surface area (Å²) >= 11 is 0. The van der Waals surface area contributed by atoms with Crippen molar-refractivity contribution in [1.29, 1.82) is 0 Å². The van der Waals surface area contributed by atoms with Gasteiger partial charge < -0.3 is 5.11 Å². The summed E-state index contributed by atoms with van der Waals surface area (Å²) in [5, 5.41) is 9.44. The molecular formula is C12H26O. The molecule has 0 saturated carbocycles. The Hall–Kier alpha value is -0.0400. The monoisotopic (exact) mass is 186 g/mol. The molecule has 0 saturated heterocycles. The van der Waals surface area contributed by atoms with Gasteiger partial charge in [0.2, 0.25) is 0 Å². The second kappa shape index (κ2) is 8.55. The molecule has 0 spiro atoms. The lowest BCUT2D eigenvalue weighted by atomic mass is 9.92. The molecule has 0 aromatic rings. The third-order valence-corrected chi connectivity index (χ3v) is 2.77. The fourth-order valence-corrected chi connectivity index (χ4v) is 1.88. The molecule has 0 amide bonds.